The number of fused-ring (bicyclic) bond motifs is 1. The van der Waals surface area contributed by atoms with E-state index in [1.165, 1.54) is 14.2 Å². The van der Waals surface area contributed by atoms with Crippen molar-refractivity contribution in [1.82, 2.24) is 9.88 Å². The van der Waals surface area contributed by atoms with Gasteiger partial charge in [0, 0.05) is 12.6 Å². The van der Waals surface area contributed by atoms with Crippen LogP contribution in [0.2, 0.25) is 0 Å². The highest BCUT2D eigenvalue weighted by Gasteiger charge is 2.45. The molecule has 4 rings (SSSR count). The van der Waals surface area contributed by atoms with Crippen LogP contribution in [0, 0.1) is 0 Å². The Morgan fingerprint density at radius 2 is 1.88 bits per heavy atom. The van der Waals surface area contributed by atoms with Crippen molar-refractivity contribution < 1.29 is 14.3 Å². The molecule has 2 N–H and O–H groups in total. The number of nitrogens with zero attached hydrogens (tertiary/aromatic N) is 3. The lowest BCUT2D eigenvalue weighted by Gasteiger charge is -2.47. The highest BCUT2D eigenvalue weighted by Crippen LogP contribution is 2.37. The minimum absolute atomic E-state index is 0.119. The Labute approximate surface area is 189 Å². The lowest BCUT2D eigenvalue weighted by Crippen LogP contribution is -2.63. The van der Waals surface area contributed by atoms with Crippen molar-refractivity contribution in [1.29, 1.82) is 0 Å². The normalized spacial score (nSPS) is 21.5. The first-order valence-electron chi connectivity index (χ1n) is 10.9. The van der Waals surface area contributed by atoms with Gasteiger partial charge in [-0.3, -0.25) is 9.79 Å². The first kappa shape index (κ1) is 21.9. The molecule has 2 aliphatic rings. The van der Waals surface area contributed by atoms with Gasteiger partial charge in [0.15, 0.2) is 0 Å². The zero-order valence-corrected chi connectivity index (χ0v) is 19.4. The number of rotatable bonds is 3. The molecule has 1 aromatic carbocycles. The van der Waals surface area contributed by atoms with E-state index >= 15 is 0 Å². The Kier molecular flexibility index (Phi) is 5.71. The summed E-state index contributed by atoms with van der Waals surface area (Å²) < 4.78 is 10.6. The summed E-state index contributed by atoms with van der Waals surface area (Å²) in [6.45, 7) is 7.37. The Bertz CT molecular complexity index is 1050. The van der Waals surface area contributed by atoms with Gasteiger partial charge in [0.2, 0.25) is 11.8 Å². The number of amidine groups is 1. The largest absolute Gasteiger partial charge is 0.481 e. The van der Waals surface area contributed by atoms with Gasteiger partial charge in [-0.25, -0.2) is 0 Å². The molecule has 0 saturated carbocycles. The van der Waals surface area contributed by atoms with Crippen molar-refractivity contribution in [3.63, 3.8) is 0 Å². The second kappa shape index (κ2) is 8.33. The van der Waals surface area contributed by atoms with E-state index in [1.54, 1.807) is 12.1 Å². The molecule has 32 heavy (non-hydrogen) atoms. The number of benzene rings is 1. The van der Waals surface area contributed by atoms with Crippen LogP contribution in [-0.4, -0.2) is 60.0 Å². The molecule has 2 aliphatic heterocycles. The fourth-order valence-corrected chi connectivity index (χ4v) is 4.29. The van der Waals surface area contributed by atoms with Crippen LogP contribution in [0.4, 0.5) is 11.4 Å². The Balaban J connectivity index is 1.69. The van der Waals surface area contributed by atoms with Crippen LogP contribution in [0.3, 0.4) is 0 Å². The Morgan fingerprint density at radius 1 is 1.12 bits per heavy atom. The Hall–Kier alpha value is -3.29. The van der Waals surface area contributed by atoms with Gasteiger partial charge in [0.25, 0.3) is 5.91 Å². The van der Waals surface area contributed by atoms with E-state index in [9.17, 15) is 4.79 Å². The van der Waals surface area contributed by atoms with Crippen LogP contribution < -0.4 is 20.1 Å². The fourth-order valence-electron chi connectivity index (χ4n) is 4.29. The summed E-state index contributed by atoms with van der Waals surface area (Å²) in [6.07, 6.45) is 1.71. The molecule has 8 nitrogen and oxygen atoms in total. The number of carbonyl (C=O) groups excluding carboxylic acids is 1. The summed E-state index contributed by atoms with van der Waals surface area (Å²) in [5, 5.41) is 7.26. The number of carbonyl (C=O) groups is 1. The molecule has 1 spiro atoms. The van der Waals surface area contributed by atoms with Crippen molar-refractivity contribution in [3.8, 4) is 11.8 Å². The second-order valence-electron chi connectivity index (χ2n) is 9.25. The van der Waals surface area contributed by atoms with Gasteiger partial charge in [-0.1, -0.05) is 12.1 Å². The molecule has 0 radical (unpaired) electrons. The topological polar surface area (TPSA) is 88.1 Å². The predicted octanol–water partition coefficient (Wildman–Crippen LogP) is 3.81. The smallest absolute Gasteiger partial charge is 0.259 e. The van der Waals surface area contributed by atoms with Crippen molar-refractivity contribution in [2.24, 2.45) is 4.99 Å². The first-order chi connectivity index (χ1) is 15.2. The molecule has 3 heterocycles. The average Bonchev–Trinajstić information content (AvgIpc) is 2.78. The lowest BCUT2D eigenvalue weighted by atomic mass is 9.84. The lowest BCUT2D eigenvalue weighted by molar-refractivity contribution is 0.0690. The van der Waals surface area contributed by atoms with Crippen molar-refractivity contribution in [2.45, 2.75) is 44.7 Å². The maximum absolute atomic E-state index is 13.5. The number of hydrogen-bond donors (Lipinski definition) is 2. The predicted molar refractivity (Wildman–Crippen MR) is 126 cm³/mol. The summed E-state index contributed by atoms with van der Waals surface area (Å²) in [7, 11) is 3.04. The molecule has 1 atom stereocenters. The number of methoxy groups -OCH3 is 2. The number of amides is 1. The molecular formula is C24H31N5O3. The number of hydrogen-bond acceptors (Lipinski definition) is 6. The van der Waals surface area contributed by atoms with Crippen molar-refractivity contribution in [2.75, 3.05) is 37.9 Å². The van der Waals surface area contributed by atoms with E-state index in [4.69, 9.17) is 14.5 Å². The van der Waals surface area contributed by atoms with Gasteiger partial charge < -0.3 is 25.0 Å². The number of para-hydroxylation sites is 2. The molecule has 1 fully saturated rings. The van der Waals surface area contributed by atoms with Crippen molar-refractivity contribution in [3.05, 3.63) is 42.0 Å². The first-order valence-corrected chi connectivity index (χ1v) is 10.9. The third-order valence-electron chi connectivity index (χ3n) is 5.70. The second-order valence-corrected chi connectivity index (χ2v) is 9.25. The SMILES string of the molecule is COc1ccc(C(=O)N2CCCC3(C2)Nc2ccccc2NC3=NC(C)(C)C)c(OC)n1. The van der Waals surface area contributed by atoms with E-state index in [1.807, 2.05) is 23.1 Å². The number of nitrogens with one attached hydrogen (secondary N) is 2. The standard InChI is InChI=1S/C24H31N5O3/c1-23(2,3)28-22-24(27-18-10-7-6-9-17(18)25-22)13-8-14-29(15-24)21(30)16-11-12-19(31-4)26-20(16)32-5/h6-7,9-12,27H,8,13-15H2,1-5H3,(H,25,28). The molecular weight excluding hydrogens is 406 g/mol. The van der Waals surface area contributed by atoms with E-state index in [2.05, 4.69) is 42.5 Å². The van der Waals surface area contributed by atoms with Crippen LogP contribution in [0.1, 0.15) is 44.0 Å². The van der Waals surface area contributed by atoms with Gasteiger partial charge in [0.05, 0.1) is 37.7 Å². The van der Waals surface area contributed by atoms with E-state index in [-0.39, 0.29) is 17.3 Å². The quantitative estimate of drug-likeness (QED) is 0.759. The summed E-state index contributed by atoms with van der Waals surface area (Å²) in [4.78, 5) is 24.7. The van der Waals surface area contributed by atoms with Crippen LogP contribution in [0.15, 0.2) is 41.4 Å². The zero-order chi connectivity index (χ0) is 22.9. The third-order valence-corrected chi connectivity index (χ3v) is 5.70. The molecule has 2 aromatic rings. The number of ether oxygens (including phenoxy) is 2. The van der Waals surface area contributed by atoms with Crippen LogP contribution >= 0.6 is 0 Å². The minimum atomic E-state index is -0.497. The van der Waals surface area contributed by atoms with Gasteiger partial charge in [-0.2, -0.15) is 4.98 Å². The number of aromatic nitrogens is 1. The summed E-state index contributed by atoms with van der Waals surface area (Å²) in [5.41, 5.74) is 1.66. The van der Waals surface area contributed by atoms with Gasteiger partial charge >= 0.3 is 0 Å². The molecule has 8 heteroatoms. The maximum Gasteiger partial charge on any atom is 0.259 e. The van der Waals surface area contributed by atoms with E-state index in [0.717, 1.165) is 30.1 Å². The minimum Gasteiger partial charge on any atom is -0.481 e. The number of piperidine rings is 1. The third kappa shape index (κ3) is 4.22. The molecule has 1 unspecified atom stereocenters. The Morgan fingerprint density at radius 3 is 2.56 bits per heavy atom. The van der Waals surface area contributed by atoms with Gasteiger partial charge in [-0.15, -0.1) is 0 Å². The molecule has 0 bridgehead atoms. The number of pyridine rings is 1. The van der Waals surface area contributed by atoms with Gasteiger partial charge in [-0.05, 0) is 51.8 Å². The highest BCUT2D eigenvalue weighted by molar-refractivity contribution is 6.10. The number of aliphatic imine (C=N–C) groups is 1. The number of likely N-dealkylation sites (tertiary alicyclic amines) is 1. The molecule has 1 saturated heterocycles. The zero-order valence-electron chi connectivity index (χ0n) is 19.4. The monoisotopic (exact) mass is 437 g/mol. The molecule has 170 valence electrons. The average molecular weight is 438 g/mol. The fraction of sp³-hybridized carbons (Fsp3) is 0.458. The molecule has 1 aromatic heterocycles. The molecule has 0 aliphatic carbocycles. The van der Waals surface area contributed by atoms with Crippen LogP contribution in [0.5, 0.6) is 11.8 Å². The summed E-state index contributed by atoms with van der Waals surface area (Å²) in [5.74, 6) is 1.41. The van der Waals surface area contributed by atoms with E-state index in [0.29, 0.717) is 24.5 Å². The van der Waals surface area contributed by atoms with Crippen LogP contribution in [-0.2, 0) is 0 Å². The maximum atomic E-state index is 13.5. The van der Waals surface area contributed by atoms with E-state index < -0.39 is 5.54 Å². The number of anilines is 2. The van der Waals surface area contributed by atoms with Crippen molar-refractivity contribution >= 4 is 23.1 Å². The highest BCUT2D eigenvalue weighted by atomic mass is 16.5. The molecule has 1 amide bonds. The summed E-state index contributed by atoms with van der Waals surface area (Å²) in [6, 6.07) is 11.5. The van der Waals surface area contributed by atoms with Crippen LogP contribution in [0.25, 0.3) is 0 Å². The van der Waals surface area contributed by atoms with Gasteiger partial charge in [0.1, 0.15) is 16.9 Å². The summed E-state index contributed by atoms with van der Waals surface area (Å²) >= 11 is 0.